The maximum Gasteiger partial charge on any atom is 0.150 e. The Balaban J connectivity index is 2.05. The lowest BCUT2D eigenvalue weighted by Crippen LogP contribution is -2.26. The molecule has 0 bridgehead atoms. The molecule has 0 unspecified atom stereocenters. The van der Waals surface area contributed by atoms with Gasteiger partial charge in [0.25, 0.3) is 0 Å². The first-order chi connectivity index (χ1) is 8.69. The molecule has 0 heterocycles. The van der Waals surface area contributed by atoms with E-state index in [1.165, 1.54) is 44.2 Å². The van der Waals surface area contributed by atoms with E-state index in [0.29, 0.717) is 17.8 Å². The van der Waals surface area contributed by atoms with Crippen LogP contribution < -0.4 is 4.90 Å². The van der Waals surface area contributed by atoms with Crippen molar-refractivity contribution < 1.29 is 9.18 Å². The highest BCUT2D eigenvalue weighted by molar-refractivity contribution is 5.77. The number of aldehydes is 1. The lowest BCUT2D eigenvalue weighted by atomic mass is 9.89. The van der Waals surface area contributed by atoms with Gasteiger partial charge in [0.2, 0.25) is 0 Å². The van der Waals surface area contributed by atoms with Crippen molar-refractivity contribution in [2.24, 2.45) is 5.92 Å². The summed E-state index contributed by atoms with van der Waals surface area (Å²) < 4.78 is 13.4. The summed E-state index contributed by atoms with van der Waals surface area (Å²) in [5.74, 6) is 0.358. The molecule has 98 valence electrons. The van der Waals surface area contributed by atoms with E-state index in [1.807, 2.05) is 7.05 Å². The van der Waals surface area contributed by atoms with E-state index in [4.69, 9.17) is 0 Å². The topological polar surface area (TPSA) is 20.3 Å². The van der Waals surface area contributed by atoms with Crippen LogP contribution in [0.15, 0.2) is 18.2 Å². The molecule has 0 radical (unpaired) electrons. The zero-order chi connectivity index (χ0) is 13.0. The first-order valence-electron chi connectivity index (χ1n) is 6.66. The summed E-state index contributed by atoms with van der Waals surface area (Å²) >= 11 is 0. The van der Waals surface area contributed by atoms with Crippen molar-refractivity contribution in [3.63, 3.8) is 0 Å². The Hall–Kier alpha value is -1.38. The molecule has 18 heavy (non-hydrogen) atoms. The number of carbonyl (C=O) groups is 1. The third-order valence-corrected chi connectivity index (χ3v) is 3.74. The van der Waals surface area contributed by atoms with Gasteiger partial charge in [-0.1, -0.05) is 19.3 Å². The monoisotopic (exact) mass is 249 g/mol. The molecular formula is C15H20FNO. The highest BCUT2D eigenvalue weighted by Gasteiger charge is 2.16. The van der Waals surface area contributed by atoms with Crippen LogP contribution in [0.5, 0.6) is 0 Å². The number of carbonyl (C=O) groups excluding carboxylic acids is 1. The molecule has 1 aliphatic carbocycles. The Labute approximate surface area is 108 Å². The van der Waals surface area contributed by atoms with Crippen LogP contribution >= 0.6 is 0 Å². The van der Waals surface area contributed by atoms with Gasteiger partial charge in [-0.3, -0.25) is 4.79 Å². The average molecular weight is 249 g/mol. The van der Waals surface area contributed by atoms with Gasteiger partial charge in [-0.2, -0.15) is 0 Å². The van der Waals surface area contributed by atoms with Gasteiger partial charge in [0.15, 0.2) is 0 Å². The molecular weight excluding hydrogens is 229 g/mol. The minimum absolute atomic E-state index is 0.343. The summed E-state index contributed by atoms with van der Waals surface area (Å²) in [7, 11) is 1.97. The lowest BCUT2D eigenvalue weighted by Gasteiger charge is -2.28. The maximum absolute atomic E-state index is 13.4. The summed E-state index contributed by atoms with van der Waals surface area (Å²) in [6.07, 6.45) is 7.18. The molecule has 1 aromatic rings. The number of rotatable bonds is 4. The summed E-state index contributed by atoms with van der Waals surface area (Å²) in [5.41, 5.74) is 1.20. The molecule has 0 saturated heterocycles. The molecule has 0 amide bonds. The van der Waals surface area contributed by atoms with Crippen molar-refractivity contribution >= 4 is 12.0 Å². The second-order valence-corrected chi connectivity index (χ2v) is 5.25. The second-order valence-electron chi connectivity index (χ2n) is 5.25. The van der Waals surface area contributed by atoms with E-state index in [-0.39, 0.29) is 5.82 Å². The van der Waals surface area contributed by atoms with Crippen LogP contribution in [0.25, 0.3) is 0 Å². The minimum atomic E-state index is -0.343. The molecule has 2 rings (SSSR count). The van der Waals surface area contributed by atoms with Crippen LogP contribution in [-0.2, 0) is 0 Å². The SMILES string of the molecule is CN(CC1CCCCC1)c1cc(F)cc(C=O)c1. The molecule has 0 aliphatic heterocycles. The van der Waals surface area contributed by atoms with Crippen LogP contribution in [-0.4, -0.2) is 19.9 Å². The van der Waals surface area contributed by atoms with Crippen LogP contribution in [0, 0.1) is 11.7 Å². The standard InChI is InChI=1S/C15H20FNO/c1-17(10-12-5-3-2-4-6-12)15-8-13(11-18)7-14(16)9-15/h7-9,11-12H,2-6,10H2,1H3. The van der Waals surface area contributed by atoms with Crippen molar-refractivity contribution in [2.75, 3.05) is 18.5 Å². The van der Waals surface area contributed by atoms with Gasteiger partial charge in [-0.05, 0) is 37.0 Å². The molecule has 1 saturated carbocycles. The Bertz CT molecular complexity index is 413. The molecule has 0 atom stereocenters. The number of hydrogen-bond donors (Lipinski definition) is 0. The quantitative estimate of drug-likeness (QED) is 0.759. The highest BCUT2D eigenvalue weighted by Crippen LogP contribution is 2.26. The van der Waals surface area contributed by atoms with Gasteiger partial charge >= 0.3 is 0 Å². The van der Waals surface area contributed by atoms with Crippen LogP contribution in [0.4, 0.5) is 10.1 Å². The van der Waals surface area contributed by atoms with Crippen molar-refractivity contribution in [3.05, 3.63) is 29.6 Å². The fourth-order valence-corrected chi connectivity index (χ4v) is 2.75. The van der Waals surface area contributed by atoms with Crippen LogP contribution in [0.1, 0.15) is 42.5 Å². The number of benzene rings is 1. The van der Waals surface area contributed by atoms with Crippen molar-refractivity contribution in [3.8, 4) is 0 Å². The molecule has 2 nitrogen and oxygen atoms in total. The van der Waals surface area contributed by atoms with Gasteiger partial charge in [0.05, 0.1) is 0 Å². The van der Waals surface area contributed by atoms with Crippen LogP contribution in [0.2, 0.25) is 0 Å². The van der Waals surface area contributed by atoms with Crippen molar-refractivity contribution in [2.45, 2.75) is 32.1 Å². The zero-order valence-electron chi connectivity index (χ0n) is 10.9. The minimum Gasteiger partial charge on any atom is -0.374 e. The Morgan fingerprint density at radius 2 is 2.00 bits per heavy atom. The van der Waals surface area contributed by atoms with Gasteiger partial charge in [0, 0.05) is 24.8 Å². The highest BCUT2D eigenvalue weighted by atomic mass is 19.1. The predicted octanol–water partition coefficient (Wildman–Crippen LogP) is 3.65. The Kier molecular flexibility index (Phi) is 4.34. The van der Waals surface area contributed by atoms with Gasteiger partial charge in [0.1, 0.15) is 12.1 Å². The fraction of sp³-hybridized carbons (Fsp3) is 0.533. The number of nitrogens with zero attached hydrogens (tertiary/aromatic N) is 1. The first kappa shape index (κ1) is 13.1. The van der Waals surface area contributed by atoms with E-state index >= 15 is 0 Å². The van der Waals surface area contributed by atoms with Crippen LogP contribution in [0.3, 0.4) is 0 Å². The summed E-state index contributed by atoms with van der Waals surface area (Å²) in [6.45, 7) is 0.946. The molecule has 1 aliphatic rings. The molecule has 1 aromatic carbocycles. The Morgan fingerprint density at radius 1 is 1.28 bits per heavy atom. The molecule has 0 N–H and O–H groups in total. The summed E-state index contributed by atoms with van der Waals surface area (Å²) in [6, 6.07) is 4.51. The second kappa shape index (κ2) is 5.98. The number of anilines is 1. The normalized spacial score (nSPS) is 16.6. The van der Waals surface area contributed by atoms with E-state index in [9.17, 15) is 9.18 Å². The van der Waals surface area contributed by atoms with E-state index in [2.05, 4.69) is 4.90 Å². The Morgan fingerprint density at radius 3 is 2.67 bits per heavy atom. The first-order valence-corrected chi connectivity index (χ1v) is 6.66. The van der Waals surface area contributed by atoms with Gasteiger partial charge < -0.3 is 4.90 Å². The van der Waals surface area contributed by atoms with Crippen molar-refractivity contribution in [1.82, 2.24) is 0 Å². The third kappa shape index (κ3) is 3.31. The van der Waals surface area contributed by atoms with Gasteiger partial charge in [-0.25, -0.2) is 4.39 Å². The molecule has 1 fully saturated rings. The molecule has 3 heteroatoms. The lowest BCUT2D eigenvalue weighted by molar-refractivity contribution is 0.112. The third-order valence-electron chi connectivity index (χ3n) is 3.74. The number of halogens is 1. The smallest absolute Gasteiger partial charge is 0.150 e. The summed E-state index contributed by atoms with van der Waals surface area (Å²) in [5, 5.41) is 0. The molecule has 0 aromatic heterocycles. The summed E-state index contributed by atoms with van der Waals surface area (Å²) in [4.78, 5) is 12.8. The van der Waals surface area contributed by atoms with E-state index in [0.717, 1.165) is 12.2 Å². The van der Waals surface area contributed by atoms with E-state index in [1.54, 1.807) is 6.07 Å². The maximum atomic E-state index is 13.4. The van der Waals surface area contributed by atoms with E-state index < -0.39 is 0 Å². The zero-order valence-corrected chi connectivity index (χ0v) is 10.9. The number of hydrogen-bond acceptors (Lipinski definition) is 2. The molecule has 0 spiro atoms. The van der Waals surface area contributed by atoms with Crippen molar-refractivity contribution in [1.29, 1.82) is 0 Å². The van der Waals surface area contributed by atoms with Gasteiger partial charge in [-0.15, -0.1) is 0 Å². The fourth-order valence-electron chi connectivity index (χ4n) is 2.75. The predicted molar refractivity (Wildman–Crippen MR) is 71.6 cm³/mol. The largest absolute Gasteiger partial charge is 0.374 e. The average Bonchev–Trinajstić information content (AvgIpc) is 2.39.